The number of hydrogen-bond acceptors (Lipinski definition) is 4. The Balaban J connectivity index is 1.63. The zero-order valence-corrected chi connectivity index (χ0v) is 14.6. The van der Waals surface area contributed by atoms with E-state index in [4.69, 9.17) is 11.6 Å². The van der Waals surface area contributed by atoms with Gasteiger partial charge in [0.1, 0.15) is 0 Å². The standard InChI is InChI=1S/C18H16ClN3OS/c1-12-4-2-3-5-14(12)10-16-17(23)21-18(24-16)22-20-11-13-6-8-15(19)9-7-13/h2-9,11,16H,10H2,1H3,(H,21,22,23)/b20-11-/t16-/m1/s1. The Hall–Kier alpha value is -2.11. The molecule has 0 unspecified atom stereocenters. The number of nitrogens with zero attached hydrogens (tertiary/aromatic N) is 2. The number of benzene rings is 2. The molecule has 0 bridgehead atoms. The van der Waals surface area contributed by atoms with Crippen LogP contribution >= 0.6 is 23.4 Å². The van der Waals surface area contributed by atoms with Gasteiger partial charge in [0.2, 0.25) is 5.91 Å². The quantitative estimate of drug-likeness (QED) is 0.668. The van der Waals surface area contributed by atoms with E-state index in [-0.39, 0.29) is 11.2 Å². The van der Waals surface area contributed by atoms with Gasteiger partial charge in [-0.3, -0.25) is 4.79 Å². The SMILES string of the molecule is Cc1ccccc1C[C@H]1S/C(=N/N=C\c2ccc(Cl)cc2)NC1=O. The topological polar surface area (TPSA) is 53.8 Å². The van der Waals surface area contributed by atoms with Crippen molar-refractivity contribution in [2.75, 3.05) is 0 Å². The van der Waals surface area contributed by atoms with Crippen LogP contribution in [-0.4, -0.2) is 22.5 Å². The normalized spacial score (nSPS) is 19.2. The maximum atomic E-state index is 12.1. The molecule has 1 atom stereocenters. The number of amides is 1. The molecule has 24 heavy (non-hydrogen) atoms. The van der Waals surface area contributed by atoms with E-state index < -0.39 is 0 Å². The van der Waals surface area contributed by atoms with Gasteiger partial charge in [-0.2, -0.15) is 5.10 Å². The monoisotopic (exact) mass is 357 g/mol. The number of nitrogens with one attached hydrogen (secondary N) is 1. The van der Waals surface area contributed by atoms with Crippen LogP contribution in [0.5, 0.6) is 0 Å². The van der Waals surface area contributed by atoms with E-state index in [9.17, 15) is 4.79 Å². The highest BCUT2D eigenvalue weighted by Gasteiger charge is 2.30. The molecule has 6 heteroatoms. The van der Waals surface area contributed by atoms with Gasteiger partial charge in [-0.25, -0.2) is 0 Å². The summed E-state index contributed by atoms with van der Waals surface area (Å²) in [4.78, 5) is 12.1. The van der Waals surface area contributed by atoms with E-state index in [1.807, 2.05) is 24.3 Å². The van der Waals surface area contributed by atoms with Gasteiger partial charge in [-0.15, -0.1) is 5.10 Å². The third kappa shape index (κ3) is 4.24. The molecule has 1 saturated heterocycles. The number of carbonyl (C=O) groups excluding carboxylic acids is 1. The Labute approximate surface area is 150 Å². The van der Waals surface area contributed by atoms with Gasteiger partial charge in [0.25, 0.3) is 0 Å². The van der Waals surface area contributed by atoms with Crippen LogP contribution in [-0.2, 0) is 11.2 Å². The Morgan fingerprint density at radius 1 is 1.21 bits per heavy atom. The zero-order valence-electron chi connectivity index (χ0n) is 13.1. The molecule has 0 radical (unpaired) electrons. The lowest BCUT2D eigenvalue weighted by atomic mass is 10.0. The molecule has 0 aliphatic carbocycles. The number of hydrogen-bond donors (Lipinski definition) is 1. The summed E-state index contributed by atoms with van der Waals surface area (Å²) in [5, 5.41) is 11.9. The fraction of sp³-hybridized carbons (Fsp3) is 0.167. The second-order valence-electron chi connectivity index (χ2n) is 5.43. The molecule has 0 saturated carbocycles. The van der Waals surface area contributed by atoms with Gasteiger partial charge in [0.05, 0.1) is 11.5 Å². The van der Waals surface area contributed by atoms with Crippen molar-refractivity contribution in [1.29, 1.82) is 0 Å². The van der Waals surface area contributed by atoms with E-state index in [2.05, 4.69) is 34.6 Å². The molecular formula is C18H16ClN3OS. The number of rotatable bonds is 4. The van der Waals surface area contributed by atoms with E-state index in [0.29, 0.717) is 16.6 Å². The van der Waals surface area contributed by atoms with Gasteiger partial charge < -0.3 is 5.32 Å². The summed E-state index contributed by atoms with van der Waals surface area (Å²) >= 11 is 7.25. The summed E-state index contributed by atoms with van der Waals surface area (Å²) in [6, 6.07) is 15.4. The van der Waals surface area contributed by atoms with Gasteiger partial charge >= 0.3 is 0 Å². The molecule has 1 fully saturated rings. The van der Waals surface area contributed by atoms with Crippen molar-refractivity contribution in [1.82, 2.24) is 5.32 Å². The summed E-state index contributed by atoms with van der Waals surface area (Å²) in [6.45, 7) is 2.05. The first-order valence-corrected chi connectivity index (χ1v) is 8.76. The zero-order chi connectivity index (χ0) is 16.9. The average molecular weight is 358 g/mol. The highest BCUT2D eigenvalue weighted by Crippen LogP contribution is 2.24. The fourth-order valence-corrected chi connectivity index (χ4v) is 3.40. The number of carbonyl (C=O) groups is 1. The first kappa shape index (κ1) is 16.7. The predicted octanol–water partition coefficient (Wildman–Crippen LogP) is 3.81. The summed E-state index contributed by atoms with van der Waals surface area (Å²) in [6.07, 6.45) is 2.31. The molecule has 2 aromatic rings. The summed E-state index contributed by atoms with van der Waals surface area (Å²) in [7, 11) is 0. The first-order valence-electron chi connectivity index (χ1n) is 7.50. The molecular weight excluding hydrogens is 342 g/mol. The van der Waals surface area contributed by atoms with Crippen LogP contribution in [0.1, 0.15) is 16.7 Å². The van der Waals surface area contributed by atoms with Crippen molar-refractivity contribution in [2.24, 2.45) is 10.2 Å². The minimum atomic E-state index is -0.171. The molecule has 1 aliphatic heterocycles. The second-order valence-corrected chi connectivity index (χ2v) is 7.06. The molecule has 4 nitrogen and oxygen atoms in total. The molecule has 0 aromatic heterocycles. The second kappa shape index (κ2) is 7.64. The molecule has 3 rings (SSSR count). The lowest BCUT2D eigenvalue weighted by Crippen LogP contribution is -2.26. The lowest BCUT2D eigenvalue weighted by molar-refractivity contribution is -0.118. The summed E-state index contributed by atoms with van der Waals surface area (Å²) < 4.78 is 0. The predicted molar refractivity (Wildman–Crippen MR) is 101 cm³/mol. The minimum Gasteiger partial charge on any atom is -0.303 e. The molecule has 1 N–H and O–H groups in total. The minimum absolute atomic E-state index is 0.0244. The molecule has 0 spiro atoms. The highest BCUT2D eigenvalue weighted by atomic mass is 35.5. The maximum absolute atomic E-state index is 12.1. The Morgan fingerprint density at radius 3 is 2.71 bits per heavy atom. The molecule has 1 heterocycles. The molecule has 1 amide bonds. The van der Waals surface area contributed by atoms with E-state index in [0.717, 1.165) is 5.56 Å². The van der Waals surface area contributed by atoms with Crippen molar-refractivity contribution >= 4 is 40.7 Å². The third-order valence-corrected chi connectivity index (χ3v) is 4.99. The van der Waals surface area contributed by atoms with Crippen molar-refractivity contribution in [2.45, 2.75) is 18.6 Å². The van der Waals surface area contributed by atoms with Crippen molar-refractivity contribution in [3.8, 4) is 0 Å². The fourth-order valence-electron chi connectivity index (χ4n) is 2.32. The van der Waals surface area contributed by atoms with E-state index in [1.54, 1.807) is 18.3 Å². The van der Waals surface area contributed by atoms with Crippen LogP contribution in [0.2, 0.25) is 5.02 Å². The Kier molecular flexibility index (Phi) is 5.33. The van der Waals surface area contributed by atoms with Crippen LogP contribution < -0.4 is 5.32 Å². The maximum Gasteiger partial charge on any atom is 0.239 e. The smallest absolute Gasteiger partial charge is 0.239 e. The van der Waals surface area contributed by atoms with Gasteiger partial charge in [-0.05, 0) is 42.2 Å². The van der Waals surface area contributed by atoms with E-state index >= 15 is 0 Å². The Morgan fingerprint density at radius 2 is 1.96 bits per heavy atom. The van der Waals surface area contributed by atoms with Gasteiger partial charge in [0.15, 0.2) is 5.17 Å². The number of amidine groups is 1. The van der Waals surface area contributed by atoms with Gasteiger partial charge in [-0.1, -0.05) is 59.8 Å². The molecule has 1 aliphatic rings. The van der Waals surface area contributed by atoms with Crippen LogP contribution in [0.4, 0.5) is 0 Å². The van der Waals surface area contributed by atoms with Crippen LogP contribution in [0.25, 0.3) is 0 Å². The molecule has 122 valence electrons. The summed E-state index contributed by atoms with van der Waals surface area (Å²) in [5.74, 6) is -0.0244. The van der Waals surface area contributed by atoms with Crippen LogP contribution in [0, 0.1) is 6.92 Å². The Bertz CT molecular complexity index is 802. The highest BCUT2D eigenvalue weighted by molar-refractivity contribution is 8.15. The average Bonchev–Trinajstić information content (AvgIpc) is 2.91. The number of thioether (sulfide) groups is 1. The van der Waals surface area contributed by atoms with Crippen LogP contribution in [0.3, 0.4) is 0 Å². The largest absolute Gasteiger partial charge is 0.303 e. The number of halogens is 1. The van der Waals surface area contributed by atoms with E-state index in [1.165, 1.54) is 22.9 Å². The van der Waals surface area contributed by atoms with Crippen LogP contribution in [0.15, 0.2) is 58.7 Å². The van der Waals surface area contributed by atoms with Crippen molar-refractivity contribution in [3.63, 3.8) is 0 Å². The molecule has 2 aromatic carbocycles. The first-order chi connectivity index (χ1) is 11.6. The van der Waals surface area contributed by atoms with Crippen molar-refractivity contribution in [3.05, 3.63) is 70.2 Å². The third-order valence-electron chi connectivity index (χ3n) is 3.67. The van der Waals surface area contributed by atoms with Gasteiger partial charge in [0, 0.05) is 5.02 Å². The number of aryl methyl sites for hydroxylation is 1. The lowest BCUT2D eigenvalue weighted by Gasteiger charge is -2.07. The summed E-state index contributed by atoms with van der Waals surface area (Å²) in [5.41, 5.74) is 3.27. The van der Waals surface area contributed by atoms with Crippen molar-refractivity contribution < 1.29 is 4.79 Å².